The molecule has 0 saturated carbocycles. The van der Waals surface area contributed by atoms with Gasteiger partial charge in [-0.05, 0) is 79.1 Å². The van der Waals surface area contributed by atoms with Gasteiger partial charge in [0.25, 0.3) is 0 Å². The number of fused-ring (bicyclic) bond motifs is 8. The van der Waals surface area contributed by atoms with Crippen LogP contribution < -0.4 is 0 Å². The largest absolute Gasteiger partial charge is 0.469 e. The average molecular weight is 483 g/mol. The molecule has 5 heterocycles. The number of ether oxygens (including phenoxy) is 2. The average Bonchev–Trinajstić information content (AvgIpc) is 3.69. The van der Waals surface area contributed by atoms with Crippen LogP contribution in [0.3, 0.4) is 0 Å². The Kier molecular flexibility index (Phi) is 6.49. The molecule has 0 aliphatic carbocycles. The van der Waals surface area contributed by atoms with Gasteiger partial charge in [-0.2, -0.15) is 0 Å². The minimum atomic E-state index is -0.275. The number of nitrogens with zero attached hydrogens (tertiary/aromatic N) is 2. The number of carbonyl (C=O) groups is 2. The molecule has 0 amide bonds. The molecule has 8 bridgehead atoms. The molecule has 0 unspecified atom stereocenters. The maximum Gasteiger partial charge on any atom is 0.305 e. The van der Waals surface area contributed by atoms with Crippen molar-refractivity contribution >= 4 is 58.3 Å². The Morgan fingerprint density at radius 1 is 0.694 bits per heavy atom. The lowest BCUT2D eigenvalue weighted by molar-refractivity contribution is -0.141. The number of carbonyl (C=O) groups excluding carboxylic acids is 2. The van der Waals surface area contributed by atoms with Crippen molar-refractivity contribution in [2.45, 2.75) is 25.7 Å². The van der Waals surface area contributed by atoms with Crippen LogP contribution in [0, 0.1) is 0 Å². The molecule has 0 spiro atoms. The molecule has 0 saturated heterocycles. The van der Waals surface area contributed by atoms with Crippen molar-refractivity contribution in [2.24, 2.45) is 0 Å². The van der Waals surface area contributed by atoms with E-state index in [1.54, 1.807) is 0 Å². The summed E-state index contributed by atoms with van der Waals surface area (Å²) in [5.41, 5.74) is 8.62. The minimum Gasteiger partial charge on any atom is -0.469 e. The van der Waals surface area contributed by atoms with Crippen LogP contribution >= 0.6 is 0 Å². The molecule has 3 aromatic rings. The molecule has 0 fully saturated rings. The first-order valence-corrected chi connectivity index (χ1v) is 11.7. The normalized spacial score (nSPS) is 12.1. The highest BCUT2D eigenvalue weighted by atomic mass is 16.5. The van der Waals surface area contributed by atoms with Crippen LogP contribution in [0.5, 0.6) is 0 Å². The Morgan fingerprint density at radius 3 is 1.64 bits per heavy atom. The van der Waals surface area contributed by atoms with Crippen molar-refractivity contribution in [3.05, 3.63) is 70.3 Å². The van der Waals surface area contributed by atoms with Crippen LogP contribution in [-0.2, 0) is 31.9 Å². The first-order chi connectivity index (χ1) is 17.5. The zero-order valence-electron chi connectivity index (χ0n) is 20.1. The topological polar surface area (TPSA) is 110 Å². The summed E-state index contributed by atoms with van der Waals surface area (Å²) in [5, 5.41) is 0. The fourth-order valence-corrected chi connectivity index (χ4v) is 4.38. The molecule has 36 heavy (non-hydrogen) atoms. The number of H-pyrrole nitrogens is 2. The third-order valence-corrected chi connectivity index (χ3v) is 6.23. The quantitative estimate of drug-likeness (QED) is 0.334. The van der Waals surface area contributed by atoms with Gasteiger partial charge in [0.2, 0.25) is 0 Å². The zero-order chi connectivity index (χ0) is 25.1. The maximum absolute atomic E-state index is 11.9. The van der Waals surface area contributed by atoms with E-state index in [0.29, 0.717) is 12.8 Å². The molecule has 5 rings (SSSR count). The van der Waals surface area contributed by atoms with Gasteiger partial charge in [0.15, 0.2) is 0 Å². The maximum atomic E-state index is 11.9. The van der Waals surface area contributed by atoms with Crippen LogP contribution in [0.15, 0.2) is 36.4 Å². The van der Waals surface area contributed by atoms with Crippen LogP contribution in [-0.4, -0.2) is 46.1 Å². The first-order valence-electron chi connectivity index (χ1n) is 11.7. The second kappa shape index (κ2) is 10.0. The highest BCUT2D eigenvalue weighted by Crippen LogP contribution is 2.24. The predicted octanol–water partition coefficient (Wildman–Crippen LogP) is 4.87. The van der Waals surface area contributed by atoms with Crippen LogP contribution in [0.25, 0.3) is 46.4 Å². The number of rotatable bonds is 6. The number of esters is 2. The lowest BCUT2D eigenvalue weighted by Gasteiger charge is -2.03. The molecule has 8 heteroatoms. The van der Waals surface area contributed by atoms with E-state index in [9.17, 15) is 9.59 Å². The van der Waals surface area contributed by atoms with Crippen molar-refractivity contribution < 1.29 is 19.1 Å². The molecule has 0 aromatic carbocycles. The standard InChI is InChI=1S/C28H26N4O4/c1-35-27(33)13-7-21-23-9-3-17(29-23)15-19-5-11-25(31-19)22(8-14-28(34)36-2)26-12-6-20(32-26)16-18-4-10-24(21)30-18/h3-6,9-12,15-16,29-30H,7-8,13-14H2,1-2H3. The van der Waals surface area contributed by atoms with E-state index < -0.39 is 0 Å². The molecule has 182 valence electrons. The van der Waals surface area contributed by atoms with Crippen LogP contribution in [0.2, 0.25) is 0 Å². The monoisotopic (exact) mass is 482 g/mol. The van der Waals surface area contributed by atoms with E-state index in [0.717, 1.165) is 56.0 Å². The van der Waals surface area contributed by atoms with Gasteiger partial charge in [-0.25, -0.2) is 9.97 Å². The lowest BCUT2D eigenvalue weighted by atomic mass is 10.1. The highest BCUT2D eigenvalue weighted by molar-refractivity contribution is 5.81. The van der Waals surface area contributed by atoms with Crippen LogP contribution in [0.4, 0.5) is 0 Å². The highest BCUT2D eigenvalue weighted by Gasteiger charge is 2.14. The first kappa shape index (κ1) is 23.3. The number of aromatic amines is 2. The number of nitrogens with one attached hydrogen (secondary N) is 2. The molecule has 2 aliphatic heterocycles. The summed E-state index contributed by atoms with van der Waals surface area (Å²) in [4.78, 5) is 40.2. The summed E-state index contributed by atoms with van der Waals surface area (Å²) in [5.74, 6) is -0.531. The summed E-state index contributed by atoms with van der Waals surface area (Å²) in [6, 6.07) is 11.9. The van der Waals surface area contributed by atoms with Gasteiger partial charge in [-0.1, -0.05) is 0 Å². The van der Waals surface area contributed by atoms with Gasteiger partial charge in [-0.15, -0.1) is 0 Å². The minimum absolute atomic E-state index is 0.244. The molecule has 2 N–H and O–H groups in total. The van der Waals surface area contributed by atoms with Gasteiger partial charge >= 0.3 is 11.9 Å². The SMILES string of the molecule is COC(=O)CCc1c2nc(cc3ccc([nH]3)c(CCC(=O)OC)c3ccc(cc4nc1C=C4)[nH]3)C=C2. The number of aryl methyl sites for hydroxylation is 1. The van der Waals surface area contributed by atoms with Crippen molar-refractivity contribution in [1.29, 1.82) is 0 Å². The molecule has 3 aromatic heterocycles. The predicted molar refractivity (Wildman–Crippen MR) is 140 cm³/mol. The van der Waals surface area contributed by atoms with E-state index in [2.05, 4.69) is 9.97 Å². The summed E-state index contributed by atoms with van der Waals surface area (Å²) >= 11 is 0. The molecule has 0 radical (unpaired) electrons. The van der Waals surface area contributed by atoms with Gasteiger partial charge in [0.05, 0.1) is 37.0 Å². The van der Waals surface area contributed by atoms with Gasteiger partial charge in [-0.3, -0.25) is 9.59 Å². The third-order valence-electron chi connectivity index (χ3n) is 6.23. The molecule has 2 aliphatic rings. The fourth-order valence-electron chi connectivity index (χ4n) is 4.38. The van der Waals surface area contributed by atoms with Crippen molar-refractivity contribution in [2.75, 3.05) is 14.2 Å². The van der Waals surface area contributed by atoms with E-state index in [1.165, 1.54) is 14.2 Å². The summed E-state index contributed by atoms with van der Waals surface area (Å²) < 4.78 is 9.70. The van der Waals surface area contributed by atoms with E-state index in [-0.39, 0.29) is 24.8 Å². The number of hydrogen-bond donors (Lipinski definition) is 2. The van der Waals surface area contributed by atoms with Gasteiger partial charge in [0, 0.05) is 40.5 Å². The molecular formula is C28H26N4O4. The summed E-state index contributed by atoms with van der Waals surface area (Å²) in [6.45, 7) is 0. The lowest BCUT2D eigenvalue weighted by Crippen LogP contribution is -2.04. The summed E-state index contributed by atoms with van der Waals surface area (Å²) in [6.07, 6.45) is 9.29. The molecule has 8 nitrogen and oxygen atoms in total. The second-order valence-electron chi connectivity index (χ2n) is 8.56. The van der Waals surface area contributed by atoms with Crippen molar-refractivity contribution in [3.63, 3.8) is 0 Å². The Labute approximate surface area is 207 Å². The van der Waals surface area contributed by atoms with E-state index in [1.807, 2.05) is 60.7 Å². The fraction of sp³-hybridized carbons (Fsp3) is 0.214. The van der Waals surface area contributed by atoms with Gasteiger partial charge < -0.3 is 19.4 Å². The molecular weight excluding hydrogens is 456 g/mol. The molecule has 0 atom stereocenters. The van der Waals surface area contributed by atoms with E-state index >= 15 is 0 Å². The second-order valence-corrected chi connectivity index (χ2v) is 8.56. The van der Waals surface area contributed by atoms with Gasteiger partial charge in [0.1, 0.15) is 0 Å². The Balaban J connectivity index is 1.73. The van der Waals surface area contributed by atoms with Crippen LogP contribution in [0.1, 0.15) is 46.7 Å². The number of methoxy groups -OCH3 is 2. The number of hydrogen-bond acceptors (Lipinski definition) is 6. The Morgan fingerprint density at radius 2 is 1.17 bits per heavy atom. The summed E-state index contributed by atoms with van der Waals surface area (Å²) in [7, 11) is 2.79. The van der Waals surface area contributed by atoms with E-state index in [4.69, 9.17) is 19.4 Å². The number of aromatic nitrogens is 4. The van der Waals surface area contributed by atoms with Crippen molar-refractivity contribution in [3.8, 4) is 0 Å². The smallest absolute Gasteiger partial charge is 0.305 e. The van der Waals surface area contributed by atoms with Crippen molar-refractivity contribution in [1.82, 2.24) is 19.9 Å². The Hall–Kier alpha value is -4.46. The Bertz CT molecular complexity index is 1460. The zero-order valence-corrected chi connectivity index (χ0v) is 20.1. The third kappa shape index (κ3) is 4.98.